The lowest BCUT2D eigenvalue weighted by Crippen LogP contribution is -2.58. The Kier molecular flexibility index (Phi) is 6.17. The second-order valence-corrected chi connectivity index (χ2v) is 5.47. The Morgan fingerprint density at radius 2 is 2.12 bits per heavy atom. The molecule has 0 aromatic carbocycles. The largest absolute Gasteiger partial charge is 0.313 e. The van der Waals surface area contributed by atoms with Crippen LogP contribution in [0.4, 0.5) is 0 Å². The number of piperazine rings is 1. The van der Waals surface area contributed by atoms with Crippen molar-refractivity contribution in [2.45, 2.75) is 38.8 Å². The molecule has 0 aliphatic carbocycles. The molecule has 3 nitrogen and oxygen atoms in total. The minimum atomic E-state index is 0.587. The maximum Gasteiger partial charge on any atom is 0.0374 e. The Balaban J connectivity index is 2.56. The van der Waals surface area contributed by atoms with E-state index in [-0.39, 0.29) is 0 Å². The minimum absolute atomic E-state index is 0.587. The molecule has 0 spiro atoms. The molecule has 1 saturated heterocycles. The van der Waals surface area contributed by atoms with Crippen LogP contribution in [-0.2, 0) is 0 Å². The standard InChI is InChI=1S/C14H29N3/c1-6-15-13(8-7-12(2)3)14-11-16(4)9-10-17(14)5/h13-15H,2,6-11H2,1,3-5H3. The quantitative estimate of drug-likeness (QED) is 0.710. The van der Waals surface area contributed by atoms with Gasteiger partial charge in [0, 0.05) is 31.7 Å². The summed E-state index contributed by atoms with van der Waals surface area (Å²) >= 11 is 0. The molecule has 1 heterocycles. The van der Waals surface area contributed by atoms with Gasteiger partial charge < -0.3 is 10.2 Å². The zero-order valence-corrected chi connectivity index (χ0v) is 12.0. The average Bonchev–Trinajstić information content (AvgIpc) is 2.27. The lowest BCUT2D eigenvalue weighted by Gasteiger charge is -2.42. The van der Waals surface area contributed by atoms with Gasteiger partial charge in [0.05, 0.1) is 0 Å². The van der Waals surface area contributed by atoms with Crippen LogP contribution in [0.1, 0.15) is 26.7 Å². The molecule has 0 saturated carbocycles. The second-order valence-electron chi connectivity index (χ2n) is 5.47. The molecule has 1 rings (SSSR count). The highest BCUT2D eigenvalue weighted by molar-refractivity contribution is 4.94. The number of nitrogens with one attached hydrogen (secondary N) is 1. The van der Waals surface area contributed by atoms with Crippen LogP contribution < -0.4 is 5.32 Å². The van der Waals surface area contributed by atoms with Crippen LogP contribution in [0.3, 0.4) is 0 Å². The third-order valence-electron chi connectivity index (χ3n) is 3.71. The Morgan fingerprint density at radius 3 is 2.71 bits per heavy atom. The zero-order valence-electron chi connectivity index (χ0n) is 12.0. The molecule has 0 aromatic rings. The van der Waals surface area contributed by atoms with Crippen molar-refractivity contribution in [3.8, 4) is 0 Å². The molecule has 0 bridgehead atoms. The maximum absolute atomic E-state index is 4.01. The number of hydrogen-bond acceptors (Lipinski definition) is 3. The fourth-order valence-electron chi connectivity index (χ4n) is 2.57. The van der Waals surface area contributed by atoms with Crippen molar-refractivity contribution in [3.05, 3.63) is 12.2 Å². The van der Waals surface area contributed by atoms with Gasteiger partial charge in [-0.1, -0.05) is 12.5 Å². The van der Waals surface area contributed by atoms with Crippen molar-refractivity contribution in [1.29, 1.82) is 0 Å². The molecule has 1 aliphatic heterocycles. The number of hydrogen-bond donors (Lipinski definition) is 1. The van der Waals surface area contributed by atoms with Crippen LogP contribution in [0.25, 0.3) is 0 Å². The molecule has 0 amide bonds. The van der Waals surface area contributed by atoms with E-state index in [1.807, 2.05) is 0 Å². The summed E-state index contributed by atoms with van der Waals surface area (Å²) < 4.78 is 0. The first-order valence-electron chi connectivity index (χ1n) is 6.81. The second kappa shape index (κ2) is 7.14. The van der Waals surface area contributed by atoms with E-state index in [1.54, 1.807) is 0 Å². The van der Waals surface area contributed by atoms with Crippen LogP contribution in [0.15, 0.2) is 12.2 Å². The first-order valence-corrected chi connectivity index (χ1v) is 6.81. The number of nitrogens with zero attached hydrogens (tertiary/aromatic N) is 2. The third kappa shape index (κ3) is 4.78. The fourth-order valence-corrected chi connectivity index (χ4v) is 2.57. The maximum atomic E-state index is 4.01. The lowest BCUT2D eigenvalue weighted by molar-refractivity contribution is 0.0858. The molecule has 1 fully saturated rings. The van der Waals surface area contributed by atoms with Gasteiger partial charge in [0.1, 0.15) is 0 Å². The molecule has 0 aromatic heterocycles. The molecular weight excluding hydrogens is 210 g/mol. The first-order chi connectivity index (χ1) is 8.04. The summed E-state index contributed by atoms with van der Waals surface area (Å²) in [5.74, 6) is 0. The van der Waals surface area contributed by atoms with Crippen molar-refractivity contribution < 1.29 is 0 Å². The summed E-state index contributed by atoms with van der Waals surface area (Å²) in [6.45, 7) is 12.9. The van der Waals surface area contributed by atoms with E-state index >= 15 is 0 Å². The highest BCUT2D eigenvalue weighted by atomic mass is 15.3. The molecule has 17 heavy (non-hydrogen) atoms. The van der Waals surface area contributed by atoms with Gasteiger partial charge in [0.2, 0.25) is 0 Å². The van der Waals surface area contributed by atoms with Gasteiger partial charge in [-0.3, -0.25) is 4.90 Å². The predicted octanol–water partition coefficient (Wildman–Crippen LogP) is 1.57. The van der Waals surface area contributed by atoms with E-state index < -0.39 is 0 Å². The Labute approximate surface area is 107 Å². The summed E-state index contributed by atoms with van der Waals surface area (Å²) in [5, 5.41) is 3.65. The predicted molar refractivity (Wildman–Crippen MR) is 75.4 cm³/mol. The molecular formula is C14H29N3. The van der Waals surface area contributed by atoms with Gasteiger partial charge in [-0.15, -0.1) is 6.58 Å². The van der Waals surface area contributed by atoms with E-state index in [9.17, 15) is 0 Å². The van der Waals surface area contributed by atoms with E-state index in [0.717, 1.165) is 13.0 Å². The molecule has 3 heteroatoms. The molecule has 2 unspecified atom stereocenters. The summed E-state index contributed by atoms with van der Waals surface area (Å²) in [7, 11) is 4.48. The molecule has 0 radical (unpaired) electrons. The van der Waals surface area contributed by atoms with Gasteiger partial charge in [0.25, 0.3) is 0 Å². The summed E-state index contributed by atoms with van der Waals surface area (Å²) in [6.07, 6.45) is 2.33. The van der Waals surface area contributed by atoms with Crippen LogP contribution in [0.5, 0.6) is 0 Å². The van der Waals surface area contributed by atoms with Crippen molar-refractivity contribution in [1.82, 2.24) is 15.1 Å². The first kappa shape index (κ1) is 14.7. The smallest absolute Gasteiger partial charge is 0.0374 e. The lowest BCUT2D eigenvalue weighted by atomic mass is 9.97. The monoisotopic (exact) mass is 239 g/mol. The third-order valence-corrected chi connectivity index (χ3v) is 3.71. The van der Waals surface area contributed by atoms with Gasteiger partial charge in [-0.2, -0.15) is 0 Å². The fraction of sp³-hybridized carbons (Fsp3) is 0.857. The Bertz CT molecular complexity index is 240. The molecule has 100 valence electrons. The number of rotatable bonds is 6. The number of likely N-dealkylation sites (N-methyl/N-ethyl adjacent to an activating group) is 3. The van der Waals surface area contributed by atoms with E-state index in [2.05, 4.69) is 49.6 Å². The minimum Gasteiger partial charge on any atom is -0.313 e. The van der Waals surface area contributed by atoms with Gasteiger partial charge in [-0.05, 0) is 40.4 Å². The van der Waals surface area contributed by atoms with Crippen molar-refractivity contribution in [2.24, 2.45) is 0 Å². The molecule has 2 atom stereocenters. The summed E-state index contributed by atoms with van der Waals surface area (Å²) in [4.78, 5) is 4.95. The van der Waals surface area contributed by atoms with Gasteiger partial charge in [-0.25, -0.2) is 0 Å². The van der Waals surface area contributed by atoms with E-state index in [0.29, 0.717) is 12.1 Å². The summed E-state index contributed by atoms with van der Waals surface area (Å²) in [6, 6.07) is 1.22. The molecule has 1 aliphatic rings. The Morgan fingerprint density at radius 1 is 1.41 bits per heavy atom. The highest BCUT2D eigenvalue weighted by Gasteiger charge is 2.28. The summed E-state index contributed by atoms with van der Waals surface area (Å²) in [5.41, 5.74) is 1.29. The normalized spacial score (nSPS) is 24.8. The van der Waals surface area contributed by atoms with Crippen LogP contribution in [-0.4, -0.2) is 62.2 Å². The van der Waals surface area contributed by atoms with Crippen molar-refractivity contribution in [3.63, 3.8) is 0 Å². The highest BCUT2D eigenvalue weighted by Crippen LogP contribution is 2.15. The van der Waals surface area contributed by atoms with Crippen molar-refractivity contribution >= 4 is 0 Å². The zero-order chi connectivity index (χ0) is 12.8. The average molecular weight is 239 g/mol. The van der Waals surface area contributed by atoms with E-state index in [1.165, 1.54) is 31.6 Å². The van der Waals surface area contributed by atoms with Crippen molar-refractivity contribution in [2.75, 3.05) is 40.3 Å². The van der Waals surface area contributed by atoms with Crippen LogP contribution >= 0.6 is 0 Å². The topological polar surface area (TPSA) is 18.5 Å². The molecule has 1 N–H and O–H groups in total. The van der Waals surface area contributed by atoms with Gasteiger partial charge >= 0.3 is 0 Å². The van der Waals surface area contributed by atoms with Crippen LogP contribution in [0, 0.1) is 0 Å². The van der Waals surface area contributed by atoms with E-state index in [4.69, 9.17) is 0 Å². The number of allylic oxidation sites excluding steroid dienone is 1. The van der Waals surface area contributed by atoms with Gasteiger partial charge in [0.15, 0.2) is 0 Å². The SMILES string of the molecule is C=C(C)CCC(NCC)C1CN(C)CCN1C. The Hall–Kier alpha value is -0.380. The van der Waals surface area contributed by atoms with Crippen LogP contribution in [0.2, 0.25) is 0 Å².